The third-order valence-corrected chi connectivity index (χ3v) is 7.11. The number of carbonyl (C=O) groups excluding carboxylic acids is 1. The lowest BCUT2D eigenvalue weighted by molar-refractivity contribution is -0.119. The van der Waals surface area contributed by atoms with Crippen LogP contribution in [0.4, 0.5) is 10.1 Å². The van der Waals surface area contributed by atoms with E-state index in [0.29, 0.717) is 0 Å². The van der Waals surface area contributed by atoms with Crippen molar-refractivity contribution >= 4 is 62.6 Å². The average molecular weight is 515 g/mol. The molecule has 32 heavy (non-hydrogen) atoms. The van der Waals surface area contributed by atoms with Gasteiger partial charge < -0.3 is 0 Å². The Hall–Kier alpha value is -2.65. The van der Waals surface area contributed by atoms with Gasteiger partial charge in [0.15, 0.2) is 0 Å². The molecule has 0 aromatic heterocycles. The molecule has 0 saturated carbocycles. The summed E-state index contributed by atoms with van der Waals surface area (Å²) in [5.74, 6) is -1.43. The summed E-state index contributed by atoms with van der Waals surface area (Å²) >= 11 is 18.2. The first-order valence-electron chi connectivity index (χ1n) is 8.99. The van der Waals surface area contributed by atoms with Crippen LogP contribution in [0.5, 0.6) is 0 Å². The number of amides is 1. The van der Waals surface area contributed by atoms with E-state index >= 15 is 0 Å². The van der Waals surface area contributed by atoms with Crippen molar-refractivity contribution in [2.24, 2.45) is 5.10 Å². The number of hydrogen-bond donors (Lipinski definition) is 1. The van der Waals surface area contributed by atoms with Crippen LogP contribution in [0.1, 0.15) is 5.56 Å². The Labute approximate surface area is 199 Å². The fourth-order valence-corrected chi connectivity index (χ4v) is 4.79. The van der Waals surface area contributed by atoms with Gasteiger partial charge in [-0.05, 0) is 36.4 Å². The van der Waals surface area contributed by atoms with Crippen LogP contribution in [0.25, 0.3) is 0 Å². The number of sulfonamides is 1. The molecule has 0 spiro atoms. The molecule has 0 atom stereocenters. The van der Waals surface area contributed by atoms with Crippen molar-refractivity contribution in [2.45, 2.75) is 4.90 Å². The van der Waals surface area contributed by atoms with Gasteiger partial charge in [0.25, 0.3) is 15.9 Å². The Bertz CT molecular complexity index is 1250. The van der Waals surface area contributed by atoms with E-state index in [1.54, 1.807) is 18.2 Å². The highest BCUT2D eigenvalue weighted by Crippen LogP contribution is 2.35. The number of benzene rings is 3. The van der Waals surface area contributed by atoms with E-state index in [0.717, 1.165) is 10.5 Å². The molecule has 3 aromatic rings. The molecule has 3 rings (SSSR count). The summed E-state index contributed by atoms with van der Waals surface area (Å²) in [6.07, 6.45) is 1.03. The van der Waals surface area contributed by atoms with Crippen molar-refractivity contribution in [3.63, 3.8) is 0 Å². The molecular formula is C21H15Cl3FN3O3S. The SMILES string of the molecule is O=C(CN(c1cccc(Cl)c1Cl)S(=O)(=O)c1ccccc1)NN=Cc1c(F)cccc1Cl. The van der Waals surface area contributed by atoms with Gasteiger partial charge in [-0.3, -0.25) is 9.10 Å². The van der Waals surface area contributed by atoms with Crippen molar-refractivity contribution in [1.82, 2.24) is 5.43 Å². The number of hydrogen-bond acceptors (Lipinski definition) is 4. The maximum absolute atomic E-state index is 13.8. The fraction of sp³-hybridized carbons (Fsp3) is 0.0476. The number of anilines is 1. The maximum Gasteiger partial charge on any atom is 0.264 e. The van der Waals surface area contributed by atoms with Crippen LogP contribution in [0.2, 0.25) is 15.1 Å². The zero-order valence-electron chi connectivity index (χ0n) is 16.2. The van der Waals surface area contributed by atoms with E-state index in [4.69, 9.17) is 34.8 Å². The highest BCUT2D eigenvalue weighted by molar-refractivity contribution is 7.92. The van der Waals surface area contributed by atoms with Gasteiger partial charge in [-0.15, -0.1) is 0 Å². The van der Waals surface area contributed by atoms with Crippen LogP contribution in [0.15, 0.2) is 76.7 Å². The highest BCUT2D eigenvalue weighted by atomic mass is 35.5. The van der Waals surface area contributed by atoms with E-state index in [2.05, 4.69) is 10.5 Å². The molecule has 0 aliphatic rings. The van der Waals surface area contributed by atoms with Crippen LogP contribution in [0.3, 0.4) is 0 Å². The smallest absolute Gasteiger partial charge is 0.264 e. The fourth-order valence-electron chi connectivity index (χ4n) is 2.67. The summed E-state index contributed by atoms with van der Waals surface area (Å²) in [5.41, 5.74) is 2.15. The van der Waals surface area contributed by atoms with Crippen LogP contribution in [-0.4, -0.2) is 27.1 Å². The number of hydrazone groups is 1. The first-order chi connectivity index (χ1) is 15.2. The molecule has 166 valence electrons. The van der Waals surface area contributed by atoms with Crippen molar-refractivity contribution in [3.05, 3.63) is 93.2 Å². The molecule has 3 aromatic carbocycles. The molecular weight excluding hydrogens is 500 g/mol. The topological polar surface area (TPSA) is 78.8 Å². The van der Waals surface area contributed by atoms with E-state index in [1.807, 2.05) is 0 Å². The predicted molar refractivity (Wildman–Crippen MR) is 125 cm³/mol. The van der Waals surface area contributed by atoms with E-state index in [-0.39, 0.29) is 31.2 Å². The Morgan fingerprint density at radius 2 is 1.62 bits per heavy atom. The Morgan fingerprint density at radius 1 is 0.969 bits per heavy atom. The van der Waals surface area contributed by atoms with Crippen LogP contribution in [-0.2, 0) is 14.8 Å². The second-order valence-corrected chi connectivity index (χ2v) is 9.38. The van der Waals surface area contributed by atoms with Crippen LogP contribution < -0.4 is 9.73 Å². The van der Waals surface area contributed by atoms with Crippen molar-refractivity contribution in [2.75, 3.05) is 10.8 Å². The van der Waals surface area contributed by atoms with E-state index in [9.17, 15) is 17.6 Å². The van der Waals surface area contributed by atoms with Crippen molar-refractivity contribution in [1.29, 1.82) is 0 Å². The summed E-state index contributed by atoms with van der Waals surface area (Å²) in [5, 5.41) is 3.85. The van der Waals surface area contributed by atoms with Gasteiger partial charge in [0.05, 0.1) is 31.9 Å². The molecule has 11 heteroatoms. The summed E-state index contributed by atoms with van der Waals surface area (Å²) < 4.78 is 41.2. The van der Waals surface area contributed by atoms with Gasteiger partial charge in [-0.2, -0.15) is 5.10 Å². The molecule has 0 unspecified atom stereocenters. The summed E-state index contributed by atoms with van der Waals surface area (Å²) in [4.78, 5) is 12.5. The monoisotopic (exact) mass is 513 g/mol. The van der Waals surface area contributed by atoms with Gasteiger partial charge in [0.1, 0.15) is 12.4 Å². The summed E-state index contributed by atoms with van der Waals surface area (Å²) in [7, 11) is -4.18. The van der Waals surface area contributed by atoms with Crippen molar-refractivity contribution < 1.29 is 17.6 Å². The van der Waals surface area contributed by atoms with Gasteiger partial charge in [-0.1, -0.05) is 65.1 Å². The third kappa shape index (κ3) is 5.39. The normalized spacial score (nSPS) is 11.5. The van der Waals surface area contributed by atoms with E-state index < -0.39 is 28.3 Å². The molecule has 0 aliphatic carbocycles. The number of nitrogens with zero attached hydrogens (tertiary/aromatic N) is 2. The van der Waals surface area contributed by atoms with Gasteiger partial charge in [0, 0.05) is 5.56 Å². The largest absolute Gasteiger partial charge is 0.271 e. The first kappa shape index (κ1) is 24.0. The quantitative estimate of drug-likeness (QED) is 0.351. The van der Waals surface area contributed by atoms with Crippen LogP contribution in [0, 0.1) is 5.82 Å². The number of rotatable bonds is 7. The minimum atomic E-state index is -4.18. The summed E-state index contributed by atoms with van der Waals surface area (Å²) in [6.45, 7) is -0.667. The molecule has 0 fully saturated rings. The molecule has 6 nitrogen and oxygen atoms in total. The predicted octanol–water partition coefficient (Wildman–Crippen LogP) is 5.13. The molecule has 0 saturated heterocycles. The molecule has 0 aliphatic heterocycles. The van der Waals surface area contributed by atoms with Crippen LogP contribution >= 0.6 is 34.8 Å². The molecule has 0 heterocycles. The number of carbonyl (C=O) groups is 1. The lowest BCUT2D eigenvalue weighted by Gasteiger charge is -2.24. The number of nitrogens with one attached hydrogen (secondary N) is 1. The summed E-state index contributed by atoms with van der Waals surface area (Å²) in [6, 6.07) is 16.0. The Balaban J connectivity index is 1.90. The molecule has 1 N–H and O–H groups in total. The molecule has 1 amide bonds. The van der Waals surface area contributed by atoms with E-state index in [1.165, 1.54) is 48.5 Å². The number of halogens is 4. The zero-order valence-corrected chi connectivity index (χ0v) is 19.3. The Morgan fingerprint density at radius 3 is 2.31 bits per heavy atom. The second-order valence-electron chi connectivity index (χ2n) is 6.33. The lowest BCUT2D eigenvalue weighted by Crippen LogP contribution is -2.39. The maximum atomic E-state index is 13.8. The highest BCUT2D eigenvalue weighted by Gasteiger charge is 2.29. The standard InChI is InChI=1S/C21H15Cl3FN3O3S/c22-16-8-4-10-18(25)15(16)12-26-27-20(29)13-28(19-11-5-9-17(23)21(19)24)32(30,31)14-6-2-1-3-7-14/h1-12H,13H2,(H,27,29). The van der Waals surface area contributed by atoms with Gasteiger partial charge >= 0.3 is 0 Å². The van der Waals surface area contributed by atoms with Gasteiger partial charge in [-0.25, -0.2) is 18.2 Å². The minimum absolute atomic E-state index is 0.0132. The minimum Gasteiger partial charge on any atom is -0.271 e. The lowest BCUT2D eigenvalue weighted by atomic mass is 10.2. The third-order valence-electron chi connectivity index (χ3n) is 4.20. The molecule has 0 bridgehead atoms. The van der Waals surface area contributed by atoms with Gasteiger partial charge in [0.2, 0.25) is 0 Å². The zero-order chi connectivity index (χ0) is 23.3. The average Bonchev–Trinajstić information content (AvgIpc) is 2.77. The second kappa shape index (κ2) is 10.3. The Kier molecular flexibility index (Phi) is 7.73. The molecule has 0 radical (unpaired) electrons. The first-order valence-corrected chi connectivity index (χ1v) is 11.6. The van der Waals surface area contributed by atoms with Crippen molar-refractivity contribution in [3.8, 4) is 0 Å².